The maximum atomic E-state index is 16.8. The molecule has 3 aromatic heterocycles. The van der Waals surface area contributed by atoms with E-state index in [1.807, 2.05) is 40.0 Å². The van der Waals surface area contributed by atoms with Crippen LogP contribution in [0, 0.1) is 23.1 Å². The number of thiazole rings is 1. The number of anilines is 1. The highest BCUT2D eigenvalue weighted by Crippen LogP contribution is 2.44. The second kappa shape index (κ2) is 20.2. The van der Waals surface area contributed by atoms with E-state index in [-0.39, 0.29) is 37.8 Å². The summed E-state index contributed by atoms with van der Waals surface area (Å²) in [5.74, 6) is -6.26. The van der Waals surface area contributed by atoms with Crippen LogP contribution in [0.5, 0.6) is 0 Å². The Morgan fingerprint density at radius 1 is 1.09 bits per heavy atom. The highest BCUT2D eigenvalue weighted by atomic mass is 32.1. The maximum Gasteiger partial charge on any atom is 0.324 e. The van der Waals surface area contributed by atoms with Crippen molar-refractivity contribution in [3.8, 4) is 22.5 Å². The average Bonchev–Trinajstić information content (AvgIpc) is 3.90. The number of aromatic nitrogens is 3. The van der Waals surface area contributed by atoms with Crippen molar-refractivity contribution in [2.75, 3.05) is 78.1 Å². The van der Waals surface area contributed by atoms with Gasteiger partial charge in [-0.15, -0.1) is 11.3 Å². The van der Waals surface area contributed by atoms with Crippen molar-refractivity contribution in [1.29, 1.82) is 0 Å². The molecule has 0 saturated carbocycles. The Balaban J connectivity index is 1.19. The summed E-state index contributed by atoms with van der Waals surface area (Å²) >= 11 is 1.26. The zero-order valence-electron chi connectivity index (χ0n) is 40.7. The molecule has 2 N–H and O–H groups in total. The number of carbonyl (C=O) groups is 4. The molecule has 4 aliphatic rings. The topological polar surface area (TPSA) is 164 Å². The number of ether oxygens (including phenoxy) is 3. The van der Waals surface area contributed by atoms with E-state index < -0.39 is 78.0 Å². The van der Waals surface area contributed by atoms with Crippen molar-refractivity contribution < 1.29 is 46.6 Å². The molecule has 4 aliphatic heterocycles. The summed E-state index contributed by atoms with van der Waals surface area (Å²) in [6.45, 7) is 13.3. The lowest BCUT2D eigenvalue weighted by atomic mass is 9.84. The molecular weight excluding hydrogens is 916 g/mol. The standard InChI is InChI=1S/C49H64F3N9O7S/c1-9-60-39-20-36(50)33-19-32(39)35(43(60)34-18-31(58-13-15-67-16-14-58)23-53-41(34)29(4)66-8)21-48(5,6)27-68-46(64)37-11-10-12-61(56-37)45(63)30(17-40-55-38(33)24-69-40)22-54-44(62)42(28(2)3)57(7)47(65)59-25-49(51,52)26-59/h18-20,23-24,28-30,37,42,56H,9-17,21-22,25-27H2,1-8H3,(H,54,62)/t29-,30+,37-,42-/m0/s1. The van der Waals surface area contributed by atoms with Crippen molar-refractivity contribution in [1.82, 2.24) is 40.1 Å². The summed E-state index contributed by atoms with van der Waals surface area (Å²) in [4.78, 5) is 69.9. The van der Waals surface area contributed by atoms with E-state index in [1.54, 1.807) is 32.4 Å². The Labute approximate surface area is 404 Å². The van der Waals surface area contributed by atoms with Crippen molar-refractivity contribution in [3.63, 3.8) is 0 Å². The molecule has 20 heteroatoms. The number of carbonyl (C=O) groups excluding carboxylic acids is 4. The van der Waals surface area contributed by atoms with Crippen LogP contribution in [-0.4, -0.2) is 144 Å². The highest BCUT2D eigenvalue weighted by molar-refractivity contribution is 7.10. The van der Waals surface area contributed by atoms with E-state index in [0.29, 0.717) is 68.3 Å². The number of esters is 1. The van der Waals surface area contributed by atoms with Crippen LogP contribution >= 0.6 is 11.3 Å². The minimum atomic E-state index is -2.98. The van der Waals surface area contributed by atoms with Crippen molar-refractivity contribution in [2.45, 2.75) is 97.9 Å². The molecule has 374 valence electrons. The Morgan fingerprint density at radius 3 is 2.51 bits per heavy atom. The Kier molecular flexibility index (Phi) is 14.7. The van der Waals surface area contributed by atoms with E-state index in [2.05, 4.69) is 26.3 Å². The predicted octanol–water partition coefficient (Wildman–Crippen LogP) is 6.45. The van der Waals surface area contributed by atoms with Crippen LogP contribution in [-0.2, 0) is 48.0 Å². The fourth-order valence-electron chi connectivity index (χ4n) is 10.00. The molecule has 4 aromatic rings. The number of hydrazine groups is 1. The minimum absolute atomic E-state index is 0.0376. The monoisotopic (exact) mass is 979 g/mol. The highest BCUT2D eigenvalue weighted by Gasteiger charge is 2.48. The van der Waals surface area contributed by atoms with E-state index >= 15 is 4.39 Å². The molecule has 3 saturated heterocycles. The number of halogens is 3. The van der Waals surface area contributed by atoms with Gasteiger partial charge in [0, 0.05) is 80.6 Å². The smallest absolute Gasteiger partial charge is 0.324 e. The normalized spacial score (nSPS) is 21.7. The number of nitrogens with one attached hydrogen (secondary N) is 2. The van der Waals surface area contributed by atoms with Gasteiger partial charge >= 0.3 is 12.0 Å². The second-order valence-electron chi connectivity index (χ2n) is 19.9. The molecule has 8 rings (SSSR count). The van der Waals surface area contributed by atoms with Crippen LogP contribution in [0.3, 0.4) is 0 Å². The van der Waals surface area contributed by atoms with Gasteiger partial charge in [-0.25, -0.2) is 28.4 Å². The number of pyridine rings is 1. The van der Waals surface area contributed by atoms with E-state index in [4.69, 9.17) is 24.2 Å². The zero-order valence-corrected chi connectivity index (χ0v) is 41.5. The van der Waals surface area contributed by atoms with Gasteiger partial charge < -0.3 is 38.8 Å². The number of hydrogen-bond donors (Lipinski definition) is 2. The van der Waals surface area contributed by atoms with Crippen LogP contribution in [0.1, 0.15) is 76.8 Å². The second-order valence-corrected chi connectivity index (χ2v) is 20.8. The number of likely N-dealkylation sites (tertiary alicyclic amines) is 1. The van der Waals surface area contributed by atoms with Crippen molar-refractivity contribution in [2.24, 2.45) is 17.3 Å². The number of aryl methyl sites for hydroxylation is 1. The molecular formula is C49H64F3N9O7S. The van der Waals surface area contributed by atoms with Gasteiger partial charge in [0.25, 0.3) is 5.92 Å². The Bertz CT molecular complexity index is 2570. The van der Waals surface area contributed by atoms with Crippen LogP contribution in [0.2, 0.25) is 0 Å². The molecule has 16 nitrogen and oxygen atoms in total. The average molecular weight is 980 g/mol. The van der Waals surface area contributed by atoms with Gasteiger partial charge in [0.2, 0.25) is 11.8 Å². The number of fused-ring (bicyclic) bond motifs is 6. The minimum Gasteiger partial charge on any atom is -0.464 e. The third kappa shape index (κ3) is 10.4. The van der Waals surface area contributed by atoms with Crippen molar-refractivity contribution >= 4 is 51.7 Å². The molecule has 0 radical (unpaired) electrons. The SMILES string of the molecule is CCn1c(-c2cc(N3CCOCC3)cnc2[C@H](C)OC)c2c3cc(c(F)cc31)-c1csc(n1)C[C@H](CNC(=O)[C@H](C(C)C)N(C)C(=O)N1CC(F)(F)C1)C(=O)N1CCC[C@H](N1)C(=O)OCC(C)(C)C2. The maximum absolute atomic E-state index is 16.8. The number of methoxy groups -OCH3 is 1. The number of alkyl halides is 2. The summed E-state index contributed by atoms with van der Waals surface area (Å²) in [7, 11) is 3.05. The fourth-order valence-corrected chi connectivity index (χ4v) is 10.9. The van der Waals surface area contributed by atoms with Gasteiger partial charge in [-0.2, -0.15) is 0 Å². The molecule has 0 unspecified atom stereocenters. The van der Waals surface area contributed by atoms with Gasteiger partial charge in [-0.1, -0.05) is 27.7 Å². The van der Waals surface area contributed by atoms with Crippen LogP contribution in [0.25, 0.3) is 33.4 Å². The van der Waals surface area contributed by atoms with Gasteiger partial charge in [0.05, 0.1) is 84.4 Å². The summed E-state index contributed by atoms with van der Waals surface area (Å²) in [6, 6.07) is 2.97. The lowest BCUT2D eigenvalue weighted by molar-refractivity contribution is -0.155. The summed E-state index contributed by atoms with van der Waals surface area (Å²) in [5, 5.41) is 7.34. The number of rotatable bonds is 10. The summed E-state index contributed by atoms with van der Waals surface area (Å²) in [5.41, 5.74) is 8.09. The quantitative estimate of drug-likeness (QED) is 0.168. The molecule has 0 spiro atoms. The lowest BCUT2D eigenvalue weighted by Gasteiger charge is -2.42. The number of morpholine rings is 1. The molecule has 1 aromatic carbocycles. The fraction of sp³-hybridized carbons (Fsp3) is 0.592. The number of benzene rings is 1. The largest absolute Gasteiger partial charge is 0.464 e. The number of amides is 4. The molecule has 69 heavy (non-hydrogen) atoms. The third-order valence-corrected chi connectivity index (χ3v) is 14.6. The molecule has 0 aliphatic carbocycles. The number of urea groups is 1. The first-order valence-electron chi connectivity index (χ1n) is 23.9. The van der Waals surface area contributed by atoms with Gasteiger partial charge in [0.15, 0.2) is 0 Å². The molecule has 7 heterocycles. The number of likely N-dealkylation sites (N-methyl/N-ethyl adjacent to an activating group) is 1. The molecule has 3 fully saturated rings. The van der Waals surface area contributed by atoms with Gasteiger partial charge in [0.1, 0.15) is 17.9 Å². The summed E-state index contributed by atoms with van der Waals surface area (Å²) in [6.07, 6.45) is 2.89. The first-order valence-corrected chi connectivity index (χ1v) is 24.7. The van der Waals surface area contributed by atoms with Gasteiger partial charge in [-0.05, 0) is 62.8 Å². The lowest BCUT2D eigenvalue weighted by Crippen LogP contribution is -2.64. The van der Waals surface area contributed by atoms with Crippen LogP contribution in [0.4, 0.5) is 23.7 Å². The third-order valence-electron chi connectivity index (χ3n) is 13.7. The summed E-state index contributed by atoms with van der Waals surface area (Å²) < 4.78 is 64.0. The first kappa shape index (κ1) is 50.1. The molecule has 4 atom stereocenters. The van der Waals surface area contributed by atoms with E-state index in [9.17, 15) is 28.0 Å². The molecule has 4 amide bonds. The van der Waals surface area contributed by atoms with Crippen LogP contribution < -0.4 is 15.6 Å². The van der Waals surface area contributed by atoms with E-state index in [0.717, 1.165) is 43.4 Å². The Morgan fingerprint density at radius 2 is 1.83 bits per heavy atom. The zero-order chi connectivity index (χ0) is 49.5. The van der Waals surface area contributed by atoms with Gasteiger partial charge in [-0.3, -0.25) is 24.4 Å². The van der Waals surface area contributed by atoms with Crippen LogP contribution in [0.15, 0.2) is 29.8 Å². The molecule has 6 bridgehead atoms. The van der Waals surface area contributed by atoms with Crippen molar-refractivity contribution in [3.05, 3.63) is 51.9 Å². The first-order chi connectivity index (χ1) is 32.8. The predicted molar refractivity (Wildman–Crippen MR) is 255 cm³/mol. The number of nitrogens with zero attached hydrogens (tertiary/aromatic N) is 7. The number of cyclic esters (lactones) is 1. The van der Waals surface area contributed by atoms with E-state index in [1.165, 1.54) is 23.4 Å². The Hall–Kier alpha value is -5.31. The number of hydrogen-bond acceptors (Lipinski definition) is 12.